The van der Waals surface area contributed by atoms with Crippen molar-refractivity contribution in [3.05, 3.63) is 29.0 Å². The molecule has 7 heteroatoms. The van der Waals surface area contributed by atoms with Gasteiger partial charge in [-0.2, -0.15) is 4.31 Å². The quantitative estimate of drug-likeness (QED) is 0.915. The summed E-state index contributed by atoms with van der Waals surface area (Å²) in [5, 5.41) is 3.68. The molecule has 0 spiro atoms. The Bertz CT molecular complexity index is 639. The van der Waals surface area contributed by atoms with Crippen LogP contribution in [0.5, 0.6) is 0 Å². The van der Waals surface area contributed by atoms with E-state index < -0.39 is 15.8 Å². The van der Waals surface area contributed by atoms with Crippen LogP contribution in [0.15, 0.2) is 23.1 Å². The lowest BCUT2D eigenvalue weighted by atomic mass is 9.89. The van der Waals surface area contributed by atoms with Gasteiger partial charge in [0.15, 0.2) is 0 Å². The van der Waals surface area contributed by atoms with Crippen LogP contribution < -0.4 is 5.32 Å². The van der Waals surface area contributed by atoms with Gasteiger partial charge in [0.05, 0.1) is 0 Å². The average molecular weight is 347 g/mol. The molecule has 2 heterocycles. The first kappa shape index (κ1) is 16.2. The summed E-state index contributed by atoms with van der Waals surface area (Å²) in [4.78, 5) is -0.283. The minimum Gasteiger partial charge on any atom is -0.314 e. The van der Waals surface area contributed by atoms with Crippen LogP contribution in [0.25, 0.3) is 0 Å². The highest BCUT2D eigenvalue weighted by atomic mass is 35.5. The van der Waals surface area contributed by atoms with E-state index in [1.54, 1.807) is 0 Å². The van der Waals surface area contributed by atoms with Crippen molar-refractivity contribution in [3.63, 3.8) is 0 Å². The summed E-state index contributed by atoms with van der Waals surface area (Å²) in [7, 11) is -3.78. The van der Waals surface area contributed by atoms with Gasteiger partial charge >= 0.3 is 0 Å². The lowest BCUT2D eigenvalue weighted by molar-refractivity contribution is 0.233. The van der Waals surface area contributed by atoms with Crippen LogP contribution in [-0.4, -0.2) is 38.4 Å². The van der Waals surface area contributed by atoms with Crippen molar-refractivity contribution in [2.24, 2.45) is 5.92 Å². The van der Waals surface area contributed by atoms with Gasteiger partial charge in [0.25, 0.3) is 0 Å². The predicted octanol–water partition coefficient (Wildman–Crippen LogP) is 2.63. The number of nitrogens with zero attached hydrogens (tertiary/aromatic N) is 1. The fourth-order valence-electron chi connectivity index (χ4n) is 3.46. The molecule has 0 radical (unpaired) electrons. The molecule has 0 saturated carbocycles. The first-order valence-electron chi connectivity index (χ1n) is 7.67. The van der Waals surface area contributed by atoms with Crippen molar-refractivity contribution in [1.82, 2.24) is 9.62 Å². The number of hydrogen-bond donors (Lipinski definition) is 1. The molecule has 0 amide bonds. The largest absolute Gasteiger partial charge is 0.314 e. The third kappa shape index (κ3) is 3.15. The molecule has 0 aromatic heterocycles. The van der Waals surface area contributed by atoms with Crippen molar-refractivity contribution >= 4 is 21.6 Å². The second-order valence-corrected chi connectivity index (χ2v) is 8.36. The zero-order valence-corrected chi connectivity index (χ0v) is 13.8. The van der Waals surface area contributed by atoms with E-state index in [9.17, 15) is 12.8 Å². The van der Waals surface area contributed by atoms with Crippen LogP contribution in [0.4, 0.5) is 4.39 Å². The fraction of sp³-hybridized carbons (Fsp3) is 0.600. The Morgan fingerprint density at radius 1 is 1.23 bits per heavy atom. The summed E-state index contributed by atoms with van der Waals surface area (Å²) in [5.74, 6) is -0.268. The van der Waals surface area contributed by atoms with E-state index in [2.05, 4.69) is 5.32 Å². The predicted molar refractivity (Wildman–Crippen MR) is 83.9 cm³/mol. The molecule has 0 aliphatic carbocycles. The maximum Gasteiger partial charge on any atom is 0.245 e. The molecule has 22 heavy (non-hydrogen) atoms. The summed E-state index contributed by atoms with van der Waals surface area (Å²) >= 11 is 5.69. The molecular formula is C15H20ClFN2O2S. The Balaban J connectivity index is 1.71. The van der Waals surface area contributed by atoms with Crippen molar-refractivity contribution in [3.8, 4) is 0 Å². The lowest BCUT2D eigenvalue weighted by Gasteiger charge is -2.34. The number of piperidine rings is 1. The maximum absolute atomic E-state index is 13.9. The van der Waals surface area contributed by atoms with Gasteiger partial charge in [0.2, 0.25) is 10.0 Å². The maximum atomic E-state index is 13.9. The molecule has 122 valence electrons. The van der Waals surface area contributed by atoms with Crippen LogP contribution in [-0.2, 0) is 10.0 Å². The molecule has 1 aromatic rings. The van der Waals surface area contributed by atoms with E-state index in [1.165, 1.54) is 29.3 Å². The molecule has 1 atom stereocenters. The molecule has 4 nitrogen and oxygen atoms in total. The van der Waals surface area contributed by atoms with Crippen LogP contribution in [0, 0.1) is 11.7 Å². The number of rotatable bonds is 3. The Morgan fingerprint density at radius 2 is 1.95 bits per heavy atom. The zero-order chi connectivity index (χ0) is 15.7. The highest BCUT2D eigenvalue weighted by molar-refractivity contribution is 7.89. The van der Waals surface area contributed by atoms with E-state index in [-0.39, 0.29) is 9.92 Å². The number of sulfonamides is 1. The summed E-state index contributed by atoms with van der Waals surface area (Å²) in [6, 6.07) is 4.21. The fourth-order valence-corrected chi connectivity index (χ4v) is 5.13. The number of benzene rings is 1. The summed E-state index contributed by atoms with van der Waals surface area (Å²) in [6.45, 7) is 1.96. The van der Waals surface area contributed by atoms with Gasteiger partial charge in [0, 0.05) is 24.2 Å². The van der Waals surface area contributed by atoms with Gasteiger partial charge in [-0.05, 0) is 56.3 Å². The monoisotopic (exact) mass is 346 g/mol. The third-order valence-electron chi connectivity index (χ3n) is 4.68. The van der Waals surface area contributed by atoms with Crippen LogP contribution in [0.3, 0.4) is 0 Å². The Morgan fingerprint density at radius 3 is 2.55 bits per heavy atom. The Labute approximate surface area is 135 Å². The van der Waals surface area contributed by atoms with Gasteiger partial charge in [-0.25, -0.2) is 12.8 Å². The van der Waals surface area contributed by atoms with E-state index in [1.807, 2.05) is 0 Å². The van der Waals surface area contributed by atoms with Crippen molar-refractivity contribution in [2.45, 2.75) is 36.6 Å². The van der Waals surface area contributed by atoms with Gasteiger partial charge in [-0.3, -0.25) is 0 Å². The molecule has 0 bridgehead atoms. The summed E-state index contributed by atoms with van der Waals surface area (Å²) in [5.41, 5.74) is 0. The minimum atomic E-state index is -3.78. The molecule has 3 rings (SSSR count). The number of nitrogens with one attached hydrogen (secondary N) is 1. The van der Waals surface area contributed by atoms with Gasteiger partial charge < -0.3 is 5.32 Å². The topological polar surface area (TPSA) is 49.4 Å². The second kappa shape index (κ2) is 6.43. The molecule has 2 fully saturated rings. The lowest BCUT2D eigenvalue weighted by Crippen LogP contribution is -2.43. The molecule has 1 aromatic carbocycles. The molecule has 2 aliphatic heterocycles. The second-order valence-electron chi connectivity index (χ2n) is 6.02. The van der Waals surface area contributed by atoms with Crippen molar-refractivity contribution < 1.29 is 12.8 Å². The first-order valence-corrected chi connectivity index (χ1v) is 9.49. The molecular weight excluding hydrogens is 327 g/mol. The first-order chi connectivity index (χ1) is 10.5. The van der Waals surface area contributed by atoms with Crippen LogP contribution in [0.1, 0.15) is 25.7 Å². The normalized spacial score (nSPS) is 24.7. The van der Waals surface area contributed by atoms with Crippen LogP contribution >= 0.6 is 11.6 Å². The highest BCUT2D eigenvalue weighted by Crippen LogP contribution is 2.30. The molecule has 1 N–H and O–H groups in total. The standard InChI is InChI=1S/C15H20ClFN2O2S/c16-12-3-4-15(13(17)10-12)22(20,21)19-8-5-11(6-9-19)14-2-1-7-18-14/h3-4,10-11,14,18H,1-2,5-9H2. The summed E-state index contributed by atoms with van der Waals surface area (Å²) < 4.78 is 40.5. The van der Waals surface area contributed by atoms with E-state index in [0.29, 0.717) is 25.0 Å². The Kier molecular flexibility index (Phi) is 4.73. The minimum absolute atomic E-state index is 0.197. The number of hydrogen-bond acceptors (Lipinski definition) is 3. The van der Waals surface area contributed by atoms with Gasteiger partial charge in [-0.15, -0.1) is 0 Å². The average Bonchev–Trinajstić information content (AvgIpc) is 3.01. The van der Waals surface area contributed by atoms with Crippen LogP contribution in [0.2, 0.25) is 5.02 Å². The van der Waals surface area contributed by atoms with Gasteiger partial charge in [-0.1, -0.05) is 11.6 Å². The zero-order valence-electron chi connectivity index (χ0n) is 12.3. The van der Waals surface area contributed by atoms with E-state index in [0.717, 1.165) is 25.5 Å². The smallest absolute Gasteiger partial charge is 0.245 e. The molecule has 2 saturated heterocycles. The third-order valence-corrected chi connectivity index (χ3v) is 6.84. The SMILES string of the molecule is O=S(=O)(c1ccc(Cl)cc1F)N1CCC(C2CCCN2)CC1. The van der Waals surface area contributed by atoms with E-state index in [4.69, 9.17) is 11.6 Å². The molecule has 2 aliphatic rings. The number of halogens is 2. The molecule has 1 unspecified atom stereocenters. The summed E-state index contributed by atoms with van der Waals surface area (Å²) in [6.07, 6.45) is 4.01. The Hall–Kier alpha value is -0.690. The van der Waals surface area contributed by atoms with E-state index >= 15 is 0 Å². The highest BCUT2D eigenvalue weighted by Gasteiger charge is 2.34. The van der Waals surface area contributed by atoms with Crippen molar-refractivity contribution in [1.29, 1.82) is 0 Å². The van der Waals surface area contributed by atoms with Crippen molar-refractivity contribution in [2.75, 3.05) is 19.6 Å². The van der Waals surface area contributed by atoms with Gasteiger partial charge in [0.1, 0.15) is 10.7 Å².